The third-order valence-corrected chi connectivity index (χ3v) is 4.53. The van der Waals surface area contributed by atoms with Crippen molar-refractivity contribution in [3.05, 3.63) is 69.8 Å². The number of nitrogens with zero attached hydrogens (tertiary/aromatic N) is 2. The molecule has 0 spiro atoms. The number of aromatic nitrogens is 2. The highest BCUT2D eigenvalue weighted by atomic mass is 79.9. The third kappa shape index (κ3) is 3.74. The first kappa shape index (κ1) is 16.5. The Balaban J connectivity index is 1.89. The van der Waals surface area contributed by atoms with Crippen molar-refractivity contribution in [3.8, 4) is 0 Å². The Morgan fingerprint density at radius 3 is 2.38 bits per heavy atom. The molecule has 0 aliphatic carbocycles. The summed E-state index contributed by atoms with van der Waals surface area (Å²) >= 11 is 3.53. The lowest BCUT2D eigenvalue weighted by atomic mass is 10.1. The maximum absolute atomic E-state index is 4.58. The van der Waals surface area contributed by atoms with Gasteiger partial charge < -0.3 is 10.6 Å². The van der Waals surface area contributed by atoms with Crippen LogP contribution >= 0.6 is 15.9 Å². The minimum atomic E-state index is 0.565. The molecular formula is C19H19BrN4. The lowest BCUT2D eigenvalue weighted by Crippen LogP contribution is -2.03. The number of halogens is 1. The Kier molecular flexibility index (Phi) is 4.81. The van der Waals surface area contributed by atoms with E-state index in [0.717, 1.165) is 27.4 Å². The quantitative estimate of drug-likeness (QED) is 0.611. The molecular weight excluding hydrogens is 364 g/mol. The molecule has 24 heavy (non-hydrogen) atoms. The first-order valence-electron chi connectivity index (χ1n) is 7.73. The van der Waals surface area contributed by atoms with Crippen molar-refractivity contribution in [1.82, 2.24) is 9.97 Å². The Morgan fingerprint density at radius 2 is 1.58 bits per heavy atom. The van der Waals surface area contributed by atoms with Crippen LogP contribution in [0.1, 0.15) is 16.8 Å². The average molecular weight is 383 g/mol. The fraction of sp³-hybridized carbons (Fsp3) is 0.158. The molecule has 2 N–H and O–H groups in total. The van der Waals surface area contributed by atoms with Gasteiger partial charge in [0.05, 0.1) is 5.69 Å². The fourth-order valence-electron chi connectivity index (χ4n) is 2.40. The van der Waals surface area contributed by atoms with Crippen molar-refractivity contribution >= 4 is 39.1 Å². The van der Waals surface area contributed by atoms with Crippen LogP contribution in [0.25, 0.3) is 0 Å². The fourth-order valence-corrected chi connectivity index (χ4v) is 2.78. The van der Waals surface area contributed by atoms with Crippen LogP contribution in [0.3, 0.4) is 0 Å². The van der Waals surface area contributed by atoms with Crippen molar-refractivity contribution in [3.63, 3.8) is 0 Å². The highest BCUT2D eigenvalue weighted by molar-refractivity contribution is 9.10. The second-order valence-electron chi connectivity index (χ2n) is 5.70. The normalized spacial score (nSPS) is 10.5. The molecule has 1 heterocycles. The van der Waals surface area contributed by atoms with Gasteiger partial charge in [0.15, 0.2) is 0 Å². The van der Waals surface area contributed by atoms with Gasteiger partial charge in [0.25, 0.3) is 0 Å². The summed E-state index contributed by atoms with van der Waals surface area (Å²) in [4.78, 5) is 9.05. The standard InChI is InChI=1S/C19H19BrN4/c1-12-7-6-10-16(14(12)3)22-18-11-13(2)21-19(24-18)23-17-9-5-4-8-15(17)20/h4-11H,1-3H3,(H2,21,22,23,24). The van der Waals surface area contributed by atoms with Crippen LogP contribution in [0.4, 0.5) is 23.1 Å². The summed E-state index contributed by atoms with van der Waals surface area (Å²) in [5, 5.41) is 6.65. The summed E-state index contributed by atoms with van der Waals surface area (Å²) in [7, 11) is 0. The van der Waals surface area contributed by atoms with Crippen molar-refractivity contribution in [1.29, 1.82) is 0 Å². The monoisotopic (exact) mass is 382 g/mol. The van der Waals surface area contributed by atoms with Gasteiger partial charge in [-0.05, 0) is 66.0 Å². The lowest BCUT2D eigenvalue weighted by molar-refractivity contribution is 1.10. The van der Waals surface area contributed by atoms with Crippen molar-refractivity contribution in [2.24, 2.45) is 0 Å². The molecule has 0 fully saturated rings. The molecule has 0 aliphatic rings. The van der Waals surface area contributed by atoms with Crippen LogP contribution in [0.15, 0.2) is 53.0 Å². The summed E-state index contributed by atoms with van der Waals surface area (Å²) in [6.45, 7) is 6.17. The van der Waals surface area contributed by atoms with Gasteiger partial charge in [-0.2, -0.15) is 4.98 Å². The molecule has 0 bridgehead atoms. The van der Waals surface area contributed by atoms with Gasteiger partial charge in [0.2, 0.25) is 5.95 Å². The Labute approximate surface area is 150 Å². The molecule has 5 heteroatoms. The van der Waals surface area contributed by atoms with E-state index < -0.39 is 0 Å². The molecule has 3 rings (SSSR count). The van der Waals surface area contributed by atoms with Crippen LogP contribution in [0.5, 0.6) is 0 Å². The number of hydrogen-bond acceptors (Lipinski definition) is 4. The highest BCUT2D eigenvalue weighted by Crippen LogP contribution is 2.26. The van der Waals surface area contributed by atoms with E-state index in [-0.39, 0.29) is 0 Å². The van der Waals surface area contributed by atoms with Gasteiger partial charge in [-0.15, -0.1) is 0 Å². The zero-order valence-electron chi connectivity index (χ0n) is 13.9. The van der Waals surface area contributed by atoms with E-state index in [9.17, 15) is 0 Å². The molecule has 3 aromatic rings. The minimum absolute atomic E-state index is 0.565. The number of nitrogens with one attached hydrogen (secondary N) is 2. The molecule has 2 aromatic carbocycles. The number of anilines is 4. The van der Waals surface area contributed by atoms with Gasteiger partial charge in [0.1, 0.15) is 5.82 Å². The zero-order valence-corrected chi connectivity index (χ0v) is 15.5. The SMILES string of the molecule is Cc1cc(Nc2cccc(C)c2C)nc(Nc2ccccc2Br)n1. The van der Waals surface area contributed by atoms with Gasteiger partial charge >= 0.3 is 0 Å². The average Bonchev–Trinajstić information content (AvgIpc) is 2.54. The van der Waals surface area contributed by atoms with E-state index >= 15 is 0 Å². The second-order valence-corrected chi connectivity index (χ2v) is 6.55. The van der Waals surface area contributed by atoms with Crippen molar-refractivity contribution < 1.29 is 0 Å². The van der Waals surface area contributed by atoms with Crippen molar-refractivity contribution in [2.45, 2.75) is 20.8 Å². The Morgan fingerprint density at radius 1 is 0.833 bits per heavy atom. The van der Waals surface area contributed by atoms with Crippen LogP contribution in [-0.2, 0) is 0 Å². The van der Waals surface area contributed by atoms with Gasteiger partial charge in [-0.1, -0.05) is 24.3 Å². The Bertz CT molecular complexity index is 877. The number of rotatable bonds is 4. The van der Waals surface area contributed by atoms with Crippen molar-refractivity contribution in [2.75, 3.05) is 10.6 Å². The lowest BCUT2D eigenvalue weighted by Gasteiger charge is -2.13. The topological polar surface area (TPSA) is 49.8 Å². The molecule has 0 amide bonds. The summed E-state index contributed by atoms with van der Waals surface area (Å²) in [6.07, 6.45) is 0. The first-order chi connectivity index (χ1) is 11.5. The molecule has 0 radical (unpaired) electrons. The molecule has 0 aliphatic heterocycles. The molecule has 1 aromatic heterocycles. The minimum Gasteiger partial charge on any atom is -0.340 e. The summed E-state index contributed by atoms with van der Waals surface area (Å²) in [6, 6.07) is 16.0. The molecule has 0 saturated heterocycles. The maximum atomic E-state index is 4.58. The van der Waals surface area contributed by atoms with E-state index in [0.29, 0.717) is 5.95 Å². The van der Waals surface area contributed by atoms with Crippen LogP contribution in [0, 0.1) is 20.8 Å². The third-order valence-electron chi connectivity index (χ3n) is 3.84. The van der Waals surface area contributed by atoms with Crippen LogP contribution in [0.2, 0.25) is 0 Å². The summed E-state index contributed by atoms with van der Waals surface area (Å²) < 4.78 is 0.971. The van der Waals surface area contributed by atoms with Gasteiger partial charge in [0, 0.05) is 21.9 Å². The highest BCUT2D eigenvalue weighted by Gasteiger charge is 2.07. The van der Waals surface area contributed by atoms with E-state index in [4.69, 9.17) is 0 Å². The largest absolute Gasteiger partial charge is 0.340 e. The smallest absolute Gasteiger partial charge is 0.229 e. The molecule has 0 saturated carbocycles. The maximum Gasteiger partial charge on any atom is 0.229 e. The predicted molar refractivity (Wildman–Crippen MR) is 103 cm³/mol. The Hall–Kier alpha value is -2.40. The number of para-hydroxylation sites is 1. The molecule has 0 unspecified atom stereocenters. The van der Waals surface area contributed by atoms with E-state index in [2.05, 4.69) is 62.5 Å². The zero-order chi connectivity index (χ0) is 17.1. The van der Waals surface area contributed by atoms with Gasteiger partial charge in [-0.25, -0.2) is 4.98 Å². The molecule has 0 atom stereocenters. The van der Waals surface area contributed by atoms with Gasteiger partial charge in [-0.3, -0.25) is 0 Å². The molecule has 4 nitrogen and oxygen atoms in total. The van der Waals surface area contributed by atoms with Crippen LogP contribution < -0.4 is 10.6 Å². The first-order valence-corrected chi connectivity index (χ1v) is 8.53. The number of benzene rings is 2. The second kappa shape index (κ2) is 7.01. The predicted octanol–water partition coefficient (Wildman–Crippen LogP) is 5.65. The number of hydrogen-bond donors (Lipinski definition) is 2. The van der Waals surface area contributed by atoms with E-state index in [1.807, 2.05) is 43.3 Å². The molecule has 122 valence electrons. The van der Waals surface area contributed by atoms with Crippen LogP contribution in [-0.4, -0.2) is 9.97 Å². The summed E-state index contributed by atoms with van der Waals surface area (Å²) in [5.74, 6) is 1.33. The van der Waals surface area contributed by atoms with E-state index in [1.165, 1.54) is 11.1 Å². The summed E-state index contributed by atoms with van der Waals surface area (Å²) in [5.41, 5.74) is 5.35. The number of aryl methyl sites for hydroxylation is 2. The van der Waals surface area contributed by atoms with E-state index in [1.54, 1.807) is 0 Å².